The Bertz CT molecular complexity index is 563. The number of rotatable bonds is 4. The highest BCUT2D eigenvalue weighted by Gasteiger charge is 2.72. The van der Waals surface area contributed by atoms with Gasteiger partial charge in [0.1, 0.15) is 12.1 Å². The van der Waals surface area contributed by atoms with Crippen molar-refractivity contribution in [2.45, 2.75) is 49.8 Å². The number of carbonyl (C=O) groups is 1. The van der Waals surface area contributed by atoms with E-state index in [0.717, 1.165) is 18.4 Å². The summed E-state index contributed by atoms with van der Waals surface area (Å²) in [6.45, 7) is 1.83. The molecule has 1 aromatic rings. The molecule has 5 atom stereocenters. The maximum absolute atomic E-state index is 12.4. The molecule has 4 rings (SSSR count). The van der Waals surface area contributed by atoms with Crippen molar-refractivity contribution < 1.29 is 19.4 Å². The zero-order valence-corrected chi connectivity index (χ0v) is 11.9. The van der Waals surface area contributed by atoms with E-state index in [1.807, 2.05) is 30.3 Å². The molecule has 5 unspecified atom stereocenters. The van der Waals surface area contributed by atoms with Crippen molar-refractivity contribution in [1.29, 1.82) is 0 Å². The highest BCUT2D eigenvalue weighted by atomic mass is 16.6. The molecule has 3 aliphatic heterocycles. The lowest BCUT2D eigenvalue weighted by Gasteiger charge is -2.63. The first-order valence-electron chi connectivity index (χ1n) is 7.47. The van der Waals surface area contributed by atoms with Crippen LogP contribution in [0.5, 0.6) is 0 Å². The minimum Gasteiger partial charge on any atom is -0.443 e. The maximum Gasteiger partial charge on any atom is 0.317 e. The predicted octanol–water partition coefficient (Wildman–Crippen LogP) is 1.22. The van der Waals surface area contributed by atoms with Gasteiger partial charge in [0.05, 0.1) is 12.7 Å². The number of piperidine rings is 1. The van der Waals surface area contributed by atoms with Gasteiger partial charge in [-0.2, -0.15) is 0 Å². The number of esters is 1. The molecule has 3 saturated heterocycles. The van der Waals surface area contributed by atoms with E-state index in [1.54, 1.807) is 0 Å². The van der Waals surface area contributed by atoms with E-state index in [9.17, 15) is 9.90 Å². The van der Waals surface area contributed by atoms with Gasteiger partial charge in [0.2, 0.25) is 0 Å². The van der Waals surface area contributed by atoms with Crippen molar-refractivity contribution in [2.75, 3.05) is 6.61 Å². The smallest absolute Gasteiger partial charge is 0.317 e. The van der Waals surface area contributed by atoms with E-state index in [4.69, 9.17) is 9.47 Å². The van der Waals surface area contributed by atoms with Crippen LogP contribution < -0.4 is 0 Å². The molecule has 112 valence electrons. The van der Waals surface area contributed by atoms with Crippen LogP contribution in [0, 0.1) is 0 Å². The van der Waals surface area contributed by atoms with Gasteiger partial charge >= 0.3 is 5.97 Å². The third-order valence-corrected chi connectivity index (χ3v) is 5.03. The quantitative estimate of drug-likeness (QED) is 0.845. The molecule has 1 N–H and O–H groups in total. The molecule has 1 aromatic carbocycles. The summed E-state index contributed by atoms with van der Waals surface area (Å²) in [7, 11) is 0. The van der Waals surface area contributed by atoms with Gasteiger partial charge in [-0.05, 0) is 12.5 Å². The number of hydrogen-bond donors (Lipinski definition) is 1. The van der Waals surface area contributed by atoms with Gasteiger partial charge in [-0.15, -0.1) is 0 Å². The van der Waals surface area contributed by atoms with Crippen LogP contribution in [0.15, 0.2) is 30.3 Å². The fourth-order valence-electron chi connectivity index (χ4n) is 3.88. The molecule has 3 heterocycles. The molecule has 0 aromatic heterocycles. The fourth-order valence-corrected chi connectivity index (χ4v) is 3.88. The monoisotopic (exact) mass is 289 g/mol. The minimum absolute atomic E-state index is 0.107. The summed E-state index contributed by atoms with van der Waals surface area (Å²) in [5, 5.41) is 9.54. The third-order valence-electron chi connectivity index (χ3n) is 5.03. The van der Waals surface area contributed by atoms with Crippen molar-refractivity contribution in [3.05, 3.63) is 35.9 Å². The van der Waals surface area contributed by atoms with Crippen LogP contribution in [0.4, 0.5) is 0 Å². The molecule has 0 bridgehead atoms. The van der Waals surface area contributed by atoms with E-state index in [-0.39, 0.29) is 24.9 Å². The van der Waals surface area contributed by atoms with Crippen LogP contribution >= 0.6 is 0 Å². The highest BCUT2D eigenvalue weighted by molar-refractivity contribution is 5.79. The summed E-state index contributed by atoms with van der Waals surface area (Å²) in [6.07, 6.45) is 1.90. The summed E-state index contributed by atoms with van der Waals surface area (Å²) in [5.41, 5.74) is 0.318. The van der Waals surface area contributed by atoms with Crippen molar-refractivity contribution >= 4 is 5.97 Å². The second-order valence-corrected chi connectivity index (χ2v) is 6.19. The first-order valence-corrected chi connectivity index (χ1v) is 7.47. The summed E-state index contributed by atoms with van der Waals surface area (Å²) >= 11 is 0. The topological polar surface area (TPSA) is 59.0 Å². The number of nitrogens with zero attached hydrogens (tertiary/aromatic N) is 1. The normalized spacial score (nSPS) is 38.1. The van der Waals surface area contributed by atoms with Crippen molar-refractivity contribution in [2.24, 2.45) is 0 Å². The lowest BCUT2D eigenvalue weighted by atomic mass is 9.77. The zero-order valence-electron chi connectivity index (χ0n) is 11.9. The molecule has 0 amide bonds. The van der Waals surface area contributed by atoms with E-state index in [1.165, 1.54) is 0 Å². The zero-order chi connectivity index (χ0) is 14.6. The van der Waals surface area contributed by atoms with Gasteiger partial charge in [0.15, 0.2) is 5.72 Å². The summed E-state index contributed by atoms with van der Waals surface area (Å²) in [5.74, 6) is -0.959. The number of aliphatic hydroxyl groups is 1. The SMILES string of the molecule is CC1OC2CC3(OC(=O)C(CO)c4ccccc4)CC1N23. The third kappa shape index (κ3) is 1.78. The molecule has 0 radical (unpaired) electrons. The van der Waals surface area contributed by atoms with Gasteiger partial charge < -0.3 is 14.6 Å². The summed E-state index contributed by atoms with van der Waals surface area (Å²) in [4.78, 5) is 14.6. The molecule has 3 aliphatic rings. The molecule has 21 heavy (non-hydrogen) atoms. The molecule has 0 saturated carbocycles. The number of hydrogen-bond acceptors (Lipinski definition) is 5. The van der Waals surface area contributed by atoms with Crippen LogP contribution in [0.2, 0.25) is 0 Å². The lowest BCUT2D eigenvalue weighted by molar-refractivity contribution is -0.320. The van der Waals surface area contributed by atoms with Crippen LogP contribution in [-0.2, 0) is 14.3 Å². The average Bonchev–Trinajstić information content (AvgIpc) is 2.57. The average molecular weight is 289 g/mol. The second kappa shape index (κ2) is 4.53. The fraction of sp³-hybridized carbons (Fsp3) is 0.562. The van der Waals surface area contributed by atoms with Gasteiger partial charge in [-0.3, -0.25) is 4.79 Å². The summed E-state index contributed by atoms with van der Waals surface area (Å²) < 4.78 is 11.5. The lowest BCUT2D eigenvalue weighted by Crippen LogP contribution is -2.77. The maximum atomic E-state index is 12.4. The Morgan fingerprint density at radius 2 is 2.24 bits per heavy atom. The number of ether oxygens (including phenoxy) is 2. The predicted molar refractivity (Wildman–Crippen MR) is 74.3 cm³/mol. The molecular weight excluding hydrogens is 270 g/mol. The first kappa shape index (κ1) is 13.2. The highest BCUT2D eigenvalue weighted by Crippen LogP contribution is 2.58. The van der Waals surface area contributed by atoms with E-state index < -0.39 is 11.6 Å². The summed E-state index contributed by atoms with van der Waals surface area (Å²) in [6, 6.07) is 9.66. The molecule has 3 fully saturated rings. The molecule has 5 nitrogen and oxygen atoms in total. The van der Waals surface area contributed by atoms with E-state index >= 15 is 0 Å². The van der Waals surface area contributed by atoms with Crippen LogP contribution in [-0.4, -0.2) is 46.7 Å². The van der Waals surface area contributed by atoms with Crippen molar-refractivity contribution in [3.63, 3.8) is 0 Å². The van der Waals surface area contributed by atoms with Crippen molar-refractivity contribution in [3.8, 4) is 0 Å². The van der Waals surface area contributed by atoms with Crippen LogP contribution in [0.1, 0.15) is 31.2 Å². The number of carbonyl (C=O) groups excluding carboxylic acids is 1. The van der Waals surface area contributed by atoms with Crippen molar-refractivity contribution in [1.82, 2.24) is 4.90 Å². The molecule has 0 aliphatic carbocycles. The second-order valence-electron chi connectivity index (χ2n) is 6.19. The number of aliphatic hydroxyl groups excluding tert-OH is 1. The molecule has 5 heteroatoms. The molecular formula is C16H19NO4. The Balaban J connectivity index is 1.47. The van der Waals surface area contributed by atoms with Gasteiger partial charge in [-0.25, -0.2) is 4.90 Å². The molecule has 0 spiro atoms. The Labute approximate surface area is 123 Å². The minimum atomic E-state index is -0.611. The van der Waals surface area contributed by atoms with Gasteiger partial charge in [0, 0.05) is 18.9 Å². The van der Waals surface area contributed by atoms with Crippen LogP contribution in [0.25, 0.3) is 0 Å². The largest absolute Gasteiger partial charge is 0.443 e. The Kier molecular flexibility index (Phi) is 2.86. The van der Waals surface area contributed by atoms with Gasteiger partial charge in [-0.1, -0.05) is 30.3 Å². The van der Waals surface area contributed by atoms with E-state index in [2.05, 4.69) is 11.8 Å². The Morgan fingerprint density at radius 3 is 2.90 bits per heavy atom. The number of benzene rings is 1. The van der Waals surface area contributed by atoms with Crippen LogP contribution in [0.3, 0.4) is 0 Å². The Hall–Kier alpha value is -1.43. The first-order chi connectivity index (χ1) is 10.1. The standard InChI is InChI=1S/C16H19NO4/c1-10-13-7-16(8-14(20-10)17(13)16)21-15(19)12(9-18)11-5-3-2-4-6-11/h2-6,10,12-14,18H,7-9H2,1H3. The van der Waals surface area contributed by atoms with Gasteiger partial charge in [0.25, 0.3) is 0 Å². The Morgan fingerprint density at radius 1 is 1.48 bits per heavy atom. The van der Waals surface area contributed by atoms with E-state index in [0.29, 0.717) is 6.04 Å².